The van der Waals surface area contributed by atoms with E-state index < -0.39 is 0 Å². The Labute approximate surface area is 72.2 Å². The zero-order valence-electron chi connectivity index (χ0n) is 6.66. The molecule has 0 spiro atoms. The van der Waals surface area contributed by atoms with Crippen LogP contribution in [0.4, 0.5) is 0 Å². The van der Waals surface area contributed by atoms with Crippen molar-refractivity contribution in [2.45, 2.75) is 13.3 Å². The molecule has 0 aromatic carbocycles. The lowest BCUT2D eigenvalue weighted by molar-refractivity contribution is -0.139. The predicted molar refractivity (Wildman–Crippen MR) is 46.0 cm³/mol. The number of amidine groups is 1. The van der Waals surface area contributed by atoms with Crippen LogP contribution in [0.2, 0.25) is 0 Å². The van der Waals surface area contributed by atoms with E-state index in [1.165, 1.54) is 7.11 Å². The minimum atomic E-state index is -0.352. The Kier molecular flexibility index (Phi) is 8.58. The van der Waals surface area contributed by atoms with Gasteiger partial charge in [-0.15, -0.1) is 12.4 Å². The Morgan fingerprint density at radius 3 is 2.55 bits per heavy atom. The highest BCUT2D eigenvalue weighted by atomic mass is 35.5. The van der Waals surface area contributed by atoms with Crippen LogP contribution in [0.15, 0.2) is 4.99 Å². The van der Waals surface area contributed by atoms with Crippen molar-refractivity contribution in [3.63, 3.8) is 0 Å². The van der Waals surface area contributed by atoms with Gasteiger partial charge in [0, 0.05) is 6.54 Å². The third-order valence-electron chi connectivity index (χ3n) is 0.914. The zero-order chi connectivity index (χ0) is 7.98. The van der Waals surface area contributed by atoms with Gasteiger partial charge in [-0.3, -0.25) is 9.79 Å². The monoisotopic (exact) mass is 180 g/mol. The van der Waals surface area contributed by atoms with Crippen molar-refractivity contribution < 1.29 is 9.53 Å². The molecule has 0 atom stereocenters. The molecule has 0 unspecified atom stereocenters. The molecule has 0 radical (unpaired) electrons. The molecule has 0 aromatic heterocycles. The van der Waals surface area contributed by atoms with Gasteiger partial charge in [-0.2, -0.15) is 0 Å². The van der Waals surface area contributed by atoms with E-state index in [2.05, 4.69) is 9.73 Å². The van der Waals surface area contributed by atoms with Crippen molar-refractivity contribution >= 4 is 24.2 Å². The van der Waals surface area contributed by atoms with Gasteiger partial charge in [0.05, 0.1) is 7.11 Å². The molecule has 0 bridgehead atoms. The Morgan fingerprint density at radius 2 is 2.18 bits per heavy atom. The highest BCUT2D eigenvalue weighted by Crippen LogP contribution is 1.83. The number of aliphatic imine (C=N–C) groups is 1. The molecule has 2 N–H and O–H groups in total. The van der Waals surface area contributed by atoms with Crippen molar-refractivity contribution in [2.75, 3.05) is 13.7 Å². The van der Waals surface area contributed by atoms with E-state index in [1.54, 1.807) is 0 Å². The summed E-state index contributed by atoms with van der Waals surface area (Å²) in [7, 11) is 1.32. The average molecular weight is 181 g/mol. The molecule has 0 saturated heterocycles. The maximum absolute atomic E-state index is 10.5. The molecule has 0 rings (SSSR count). The molecule has 5 heteroatoms. The molecule has 0 aliphatic rings. The first-order chi connectivity index (χ1) is 4.70. The van der Waals surface area contributed by atoms with Gasteiger partial charge in [0.1, 0.15) is 12.3 Å². The van der Waals surface area contributed by atoms with Gasteiger partial charge in [-0.05, 0) is 6.92 Å². The Balaban J connectivity index is 0. The maximum atomic E-state index is 10.5. The summed E-state index contributed by atoms with van der Waals surface area (Å²) in [5.74, 6) is -0.0240. The van der Waals surface area contributed by atoms with Gasteiger partial charge < -0.3 is 10.5 Å². The van der Waals surface area contributed by atoms with Gasteiger partial charge in [-0.1, -0.05) is 0 Å². The van der Waals surface area contributed by atoms with Crippen molar-refractivity contribution in [2.24, 2.45) is 10.7 Å². The largest absolute Gasteiger partial charge is 0.469 e. The standard InChI is InChI=1S/C6H12N2O2.ClH/c1-3-8-5(7)4-6(9)10-2;/h3-4H2,1-2H3,(H2,7,8);1H. The second-order valence-electron chi connectivity index (χ2n) is 1.72. The lowest BCUT2D eigenvalue weighted by atomic mass is 10.4. The summed E-state index contributed by atoms with van der Waals surface area (Å²) in [6.45, 7) is 2.45. The van der Waals surface area contributed by atoms with Crippen molar-refractivity contribution in [3.05, 3.63) is 0 Å². The predicted octanol–water partition coefficient (Wildman–Crippen LogP) is 0.348. The fraction of sp³-hybridized carbons (Fsp3) is 0.667. The van der Waals surface area contributed by atoms with E-state index in [1.807, 2.05) is 6.92 Å². The van der Waals surface area contributed by atoms with E-state index in [-0.39, 0.29) is 24.8 Å². The van der Waals surface area contributed by atoms with Gasteiger partial charge in [0.15, 0.2) is 0 Å². The molecule has 0 aliphatic carbocycles. The summed E-state index contributed by atoms with van der Waals surface area (Å²) in [6.07, 6.45) is 0.0876. The Bertz CT molecular complexity index is 148. The summed E-state index contributed by atoms with van der Waals surface area (Å²) in [4.78, 5) is 14.3. The molecule has 4 nitrogen and oxygen atoms in total. The SMILES string of the molecule is CCN=C(N)CC(=O)OC.Cl. The number of nitrogens with two attached hydrogens (primary N) is 1. The first-order valence-electron chi connectivity index (χ1n) is 3.06. The quantitative estimate of drug-likeness (QED) is 0.387. The van der Waals surface area contributed by atoms with Crippen LogP contribution in [-0.4, -0.2) is 25.5 Å². The molecule has 0 amide bonds. The number of hydrogen-bond acceptors (Lipinski definition) is 3. The van der Waals surface area contributed by atoms with Crippen LogP contribution in [-0.2, 0) is 9.53 Å². The van der Waals surface area contributed by atoms with E-state index in [9.17, 15) is 4.79 Å². The van der Waals surface area contributed by atoms with Crippen LogP contribution < -0.4 is 5.73 Å². The highest BCUT2D eigenvalue weighted by molar-refractivity contribution is 5.96. The molecule has 0 fully saturated rings. The molecule has 0 aromatic rings. The number of halogens is 1. The van der Waals surface area contributed by atoms with Crippen LogP contribution in [0, 0.1) is 0 Å². The number of carbonyl (C=O) groups is 1. The molecule has 0 aliphatic heterocycles. The summed E-state index contributed by atoms with van der Waals surface area (Å²) in [5.41, 5.74) is 5.31. The number of carbonyl (C=O) groups excluding carboxylic acids is 1. The zero-order valence-corrected chi connectivity index (χ0v) is 7.48. The second kappa shape index (κ2) is 7.34. The van der Waals surface area contributed by atoms with E-state index in [0.29, 0.717) is 12.4 Å². The maximum Gasteiger partial charge on any atom is 0.313 e. The number of rotatable bonds is 3. The smallest absolute Gasteiger partial charge is 0.313 e. The molecule has 0 saturated carbocycles. The number of ether oxygens (including phenoxy) is 1. The van der Waals surface area contributed by atoms with Crippen LogP contribution in [0.5, 0.6) is 0 Å². The third kappa shape index (κ3) is 7.12. The van der Waals surface area contributed by atoms with E-state index >= 15 is 0 Å². The van der Waals surface area contributed by atoms with Crippen molar-refractivity contribution in [1.82, 2.24) is 0 Å². The minimum absolute atomic E-state index is 0. The summed E-state index contributed by atoms with van der Waals surface area (Å²) < 4.78 is 4.37. The van der Waals surface area contributed by atoms with Crippen LogP contribution in [0.3, 0.4) is 0 Å². The number of esters is 1. The molecule has 11 heavy (non-hydrogen) atoms. The summed E-state index contributed by atoms with van der Waals surface area (Å²) >= 11 is 0. The number of methoxy groups -OCH3 is 1. The lowest BCUT2D eigenvalue weighted by Gasteiger charge is -1.96. The Morgan fingerprint density at radius 1 is 1.64 bits per heavy atom. The first-order valence-corrected chi connectivity index (χ1v) is 3.06. The van der Waals surface area contributed by atoms with E-state index in [4.69, 9.17) is 5.73 Å². The van der Waals surface area contributed by atoms with Crippen molar-refractivity contribution in [1.29, 1.82) is 0 Å². The van der Waals surface area contributed by atoms with Gasteiger partial charge in [0.2, 0.25) is 0 Å². The fourth-order valence-corrected chi connectivity index (χ4v) is 0.479. The normalized spacial score (nSPS) is 10.2. The lowest BCUT2D eigenvalue weighted by Crippen LogP contribution is -2.18. The molecular formula is C6H13ClN2O2. The van der Waals surface area contributed by atoms with Gasteiger partial charge in [-0.25, -0.2) is 0 Å². The molecular weight excluding hydrogens is 168 g/mol. The number of nitrogens with zero attached hydrogens (tertiary/aromatic N) is 1. The minimum Gasteiger partial charge on any atom is -0.469 e. The van der Waals surface area contributed by atoms with Gasteiger partial charge in [0.25, 0.3) is 0 Å². The van der Waals surface area contributed by atoms with Crippen molar-refractivity contribution in [3.8, 4) is 0 Å². The number of hydrogen-bond donors (Lipinski definition) is 1. The van der Waals surface area contributed by atoms with Crippen LogP contribution >= 0.6 is 12.4 Å². The molecule has 0 heterocycles. The van der Waals surface area contributed by atoms with Gasteiger partial charge >= 0.3 is 5.97 Å². The third-order valence-corrected chi connectivity index (χ3v) is 0.914. The molecule has 66 valence electrons. The Hall–Kier alpha value is -0.770. The van der Waals surface area contributed by atoms with Crippen LogP contribution in [0.1, 0.15) is 13.3 Å². The first kappa shape index (κ1) is 12.9. The van der Waals surface area contributed by atoms with Crippen LogP contribution in [0.25, 0.3) is 0 Å². The summed E-state index contributed by atoms with van der Waals surface area (Å²) in [5, 5.41) is 0. The topological polar surface area (TPSA) is 64.7 Å². The fourth-order valence-electron chi connectivity index (χ4n) is 0.479. The second-order valence-corrected chi connectivity index (χ2v) is 1.72. The average Bonchev–Trinajstić information content (AvgIpc) is 1.88. The summed E-state index contributed by atoms with van der Waals surface area (Å²) in [6, 6.07) is 0. The van der Waals surface area contributed by atoms with E-state index in [0.717, 1.165) is 0 Å². The highest BCUT2D eigenvalue weighted by Gasteiger charge is 2.01.